The van der Waals surface area contributed by atoms with Gasteiger partial charge in [-0.15, -0.1) is 0 Å². The second kappa shape index (κ2) is 4.21. The normalized spacial score (nSPS) is 11.1. The highest BCUT2D eigenvalue weighted by molar-refractivity contribution is 5.93. The van der Waals surface area contributed by atoms with Crippen molar-refractivity contribution < 1.29 is 9.21 Å². The number of rotatable bonds is 2. The Hall–Kier alpha value is -2.24. The quantitative estimate of drug-likeness (QED) is 0.874. The van der Waals surface area contributed by atoms with Gasteiger partial charge < -0.3 is 10.2 Å². The smallest absolute Gasteiger partial charge is 0.408 e. The molecule has 2 N–H and O–H groups in total. The number of urea groups is 1. The molecule has 2 amide bonds. The molecule has 0 unspecified atom stereocenters. The zero-order valence-electron chi connectivity index (χ0n) is 10.5. The van der Waals surface area contributed by atoms with Gasteiger partial charge in [0, 0.05) is 18.8 Å². The fourth-order valence-electron chi connectivity index (χ4n) is 1.94. The maximum absolute atomic E-state index is 11.4. The number of hydrogen-bond donors (Lipinski definition) is 1. The van der Waals surface area contributed by atoms with Crippen molar-refractivity contribution in [1.29, 1.82) is 0 Å². The van der Waals surface area contributed by atoms with Gasteiger partial charge in [0.15, 0.2) is 5.58 Å². The molecular formula is C12H15N3O3. The fraction of sp³-hybridized carbons (Fsp3) is 0.333. The van der Waals surface area contributed by atoms with E-state index >= 15 is 0 Å². The third-order valence-electron chi connectivity index (χ3n) is 2.81. The molecule has 0 spiro atoms. The average molecular weight is 249 g/mol. The summed E-state index contributed by atoms with van der Waals surface area (Å²) in [7, 11) is 1.61. The maximum atomic E-state index is 11.4. The second-order valence-corrected chi connectivity index (χ2v) is 4.38. The summed E-state index contributed by atoms with van der Waals surface area (Å²) in [6.07, 6.45) is 0. The molecule has 18 heavy (non-hydrogen) atoms. The summed E-state index contributed by atoms with van der Waals surface area (Å²) in [5.41, 5.74) is 7.11. The van der Waals surface area contributed by atoms with E-state index in [-0.39, 0.29) is 6.04 Å². The van der Waals surface area contributed by atoms with E-state index in [0.29, 0.717) is 16.8 Å². The number of amides is 2. The van der Waals surface area contributed by atoms with Gasteiger partial charge in [-0.1, -0.05) is 0 Å². The minimum absolute atomic E-state index is 0.0659. The Labute approximate surface area is 104 Å². The number of aromatic nitrogens is 1. The van der Waals surface area contributed by atoms with Crippen LogP contribution in [0.1, 0.15) is 13.8 Å². The number of aryl methyl sites for hydroxylation is 1. The molecule has 1 heterocycles. The number of fused-ring (bicyclic) bond motifs is 1. The van der Waals surface area contributed by atoms with Gasteiger partial charge in [-0.3, -0.25) is 9.47 Å². The number of nitrogens with two attached hydrogens (primary N) is 1. The SMILES string of the molecule is CC(C)N(C(N)=O)c1ccc2oc(=O)n(C)c2c1. The van der Waals surface area contributed by atoms with Crippen molar-refractivity contribution >= 4 is 22.8 Å². The summed E-state index contributed by atoms with van der Waals surface area (Å²) in [5.74, 6) is -0.433. The van der Waals surface area contributed by atoms with Crippen LogP contribution in [0.15, 0.2) is 27.4 Å². The largest absolute Gasteiger partial charge is 0.419 e. The van der Waals surface area contributed by atoms with Gasteiger partial charge in [0.2, 0.25) is 0 Å². The molecule has 0 saturated heterocycles. The monoisotopic (exact) mass is 249 g/mol. The Kier molecular flexibility index (Phi) is 2.86. The third kappa shape index (κ3) is 1.85. The van der Waals surface area contributed by atoms with E-state index in [4.69, 9.17) is 10.2 Å². The van der Waals surface area contributed by atoms with Crippen molar-refractivity contribution in [2.75, 3.05) is 4.90 Å². The lowest BCUT2D eigenvalue weighted by Gasteiger charge is -2.24. The molecule has 0 atom stereocenters. The maximum Gasteiger partial charge on any atom is 0.419 e. The number of carbonyl (C=O) groups excluding carboxylic acids is 1. The number of anilines is 1. The van der Waals surface area contributed by atoms with Gasteiger partial charge in [-0.2, -0.15) is 0 Å². The minimum atomic E-state index is -0.530. The molecule has 96 valence electrons. The van der Waals surface area contributed by atoms with Gasteiger partial charge >= 0.3 is 11.8 Å². The Morgan fingerprint density at radius 2 is 2.11 bits per heavy atom. The lowest BCUT2D eigenvalue weighted by molar-refractivity contribution is 0.252. The molecule has 6 nitrogen and oxygen atoms in total. The van der Waals surface area contributed by atoms with Crippen LogP contribution >= 0.6 is 0 Å². The third-order valence-corrected chi connectivity index (χ3v) is 2.81. The molecule has 0 aliphatic rings. The van der Waals surface area contributed by atoms with Crippen LogP contribution in [0.2, 0.25) is 0 Å². The van der Waals surface area contributed by atoms with Gasteiger partial charge in [-0.25, -0.2) is 9.59 Å². The van der Waals surface area contributed by atoms with Crippen LogP contribution in [-0.2, 0) is 7.05 Å². The molecular weight excluding hydrogens is 234 g/mol. The predicted octanol–water partition coefficient (Wildman–Crippen LogP) is 1.43. The molecule has 6 heteroatoms. The standard InChI is InChI=1S/C12H15N3O3/c1-7(2)15(11(13)16)8-4-5-10-9(6-8)14(3)12(17)18-10/h4-7H,1-3H3,(H2,13,16). The highest BCUT2D eigenvalue weighted by Crippen LogP contribution is 2.22. The van der Waals surface area contributed by atoms with E-state index in [9.17, 15) is 9.59 Å². The highest BCUT2D eigenvalue weighted by Gasteiger charge is 2.17. The van der Waals surface area contributed by atoms with Crippen LogP contribution in [0.4, 0.5) is 10.5 Å². The molecule has 2 rings (SSSR count). The Balaban J connectivity index is 2.61. The van der Waals surface area contributed by atoms with Crippen molar-refractivity contribution in [2.24, 2.45) is 12.8 Å². The number of hydrogen-bond acceptors (Lipinski definition) is 3. The van der Waals surface area contributed by atoms with E-state index in [0.717, 1.165) is 0 Å². The van der Waals surface area contributed by atoms with Crippen molar-refractivity contribution in [1.82, 2.24) is 4.57 Å². The van der Waals surface area contributed by atoms with Crippen LogP contribution in [-0.4, -0.2) is 16.6 Å². The summed E-state index contributed by atoms with van der Waals surface area (Å²) < 4.78 is 6.41. The summed E-state index contributed by atoms with van der Waals surface area (Å²) >= 11 is 0. The molecule has 0 bridgehead atoms. The van der Waals surface area contributed by atoms with Crippen molar-refractivity contribution in [3.8, 4) is 0 Å². The summed E-state index contributed by atoms with van der Waals surface area (Å²) in [5, 5.41) is 0. The topological polar surface area (TPSA) is 81.5 Å². The number of nitrogens with zero attached hydrogens (tertiary/aromatic N) is 2. The van der Waals surface area contributed by atoms with Gasteiger partial charge in [0.05, 0.1) is 5.52 Å². The first-order valence-corrected chi connectivity index (χ1v) is 5.60. The summed E-state index contributed by atoms with van der Waals surface area (Å²) in [6.45, 7) is 3.73. The van der Waals surface area contributed by atoms with Gasteiger partial charge in [0.1, 0.15) is 0 Å². The Bertz CT molecular complexity index is 654. The molecule has 1 aromatic heterocycles. The zero-order valence-corrected chi connectivity index (χ0v) is 10.5. The summed E-state index contributed by atoms with van der Waals surface area (Å²) in [4.78, 5) is 24.3. The lowest BCUT2D eigenvalue weighted by atomic mass is 10.2. The van der Waals surface area contributed by atoms with Gasteiger partial charge in [-0.05, 0) is 32.0 Å². The van der Waals surface area contributed by atoms with Crippen LogP contribution < -0.4 is 16.4 Å². The molecule has 0 radical (unpaired) electrons. The zero-order chi connectivity index (χ0) is 13.4. The number of carbonyl (C=O) groups is 1. The van der Waals surface area contributed by atoms with Crippen LogP contribution in [0, 0.1) is 0 Å². The fourth-order valence-corrected chi connectivity index (χ4v) is 1.94. The Morgan fingerprint density at radius 1 is 1.44 bits per heavy atom. The number of primary amides is 1. The van der Waals surface area contributed by atoms with Crippen molar-refractivity contribution in [3.05, 3.63) is 28.7 Å². The van der Waals surface area contributed by atoms with Crippen molar-refractivity contribution in [2.45, 2.75) is 19.9 Å². The van der Waals surface area contributed by atoms with Crippen LogP contribution in [0.3, 0.4) is 0 Å². The van der Waals surface area contributed by atoms with Crippen molar-refractivity contribution in [3.63, 3.8) is 0 Å². The first-order chi connectivity index (χ1) is 8.41. The average Bonchev–Trinajstić information content (AvgIpc) is 2.55. The lowest BCUT2D eigenvalue weighted by Crippen LogP contribution is -2.40. The van der Waals surface area contributed by atoms with Gasteiger partial charge in [0.25, 0.3) is 0 Å². The highest BCUT2D eigenvalue weighted by atomic mass is 16.4. The molecule has 0 aliphatic heterocycles. The van der Waals surface area contributed by atoms with E-state index in [1.54, 1.807) is 25.2 Å². The second-order valence-electron chi connectivity index (χ2n) is 4.38. The van der Waals surface area contributed by atoms with E-state index in [1.165, 1.54) is 9.47 Å². The first kappa shape index (κ1) is 12.2. The molecule has 0 aliphatic carbocycles. The van der Waals surface area contributed by atoms with E-state index in [2.05, 4.69) is 0 Å². The van der Waals surface area contributed by atoms with Crippen LogP contribution in [0.25, 0.3) is 11.1 Å². The Morgan fingerprint density at radius 3 is 2.67 bits per heavy atom. The minimum Gasteiger partial charge on any atom is -0.408 e. The first-order valence-electron chi connectivity index (χ1n) is 5.60. The molecule has 0 saturated carbocycles. The number of oxazole rings is 1. The summed E-state index contributed by atoms with van der Waals surface area (Å²) in [6, 6.07) is 4.48. The number of benzene rings is 1. The molecule has 2 aromatic rings. The predicted molar refractivity (Wildman–Crippen MR) is 68.7 cm³/mol. The van der Waals surface area contributed by atoms with E-state index in [1.807, 2.05) is 13.8 Å². The molecule has 0 fully saturated rings. The van der Waals surface area contributed by atoms with E-state index < -0.39 is 11.8 Å². The molecule has 1 aromatic carbocycles. The van der Waals surface area contributed by atoms with Crippen LogP contribution in [0.5, 0.6) is 0 Å².